The Bertz CT molecular complexity index is 100. The molecule has 0 atom stereocenters. The van der Waals surface area contributed by atoms with Crippen LogP contribution in [0.2, 0.25) is 0 Å². The molecule has 0 aliphatic heterocycles. The van der Waals surface area contributed by atoms with Crippen LogP contribution in [0, 0.1) is 0 Å². The first-order valence-corrected chi connectivity index (χ1v) is 4.19. The van der Waals surface area contributed by atoms with Gasteiger partial charge in [0.25, 0.3) is 6.43 Å². The molecule has 1 aliphatic carbocycles. The van der Waals surface area contributed by atoms with Crippen molar-refractivity contribution in [2.45, 2.75) is 44.6 Å². The van der Waals surface area contributed by atoms with Gasteiger partial charge in [-0.1, -0.05) is 19.3 Å². The SMILES string of the molecule is FC(F)COC1CCCCC1. The molecule has 1 nitrogen and oxygen atoms in total. The molecule has 11 heavy (non-hydrogen) atoms. The minimum absolute atomic E-state index is 0.109. The summed E-state index contributed by atoms with van der Waals surface area (Å²) in [5.74, 6) is 0. The van der Waals surface area contributed by atoms with Crippen molar-refractivity contribution in [3.63, 3.8) is 0 Å². The fraction of sp³-hybridized carbons (Fsp3) is 1.00. The maximum Gasteiger partial charge on any atom is 0.261 e. The summed E-state index contributed by atoms with van der Waals surface area (Å²) >= 11 is 0. The third-order valence-corrected chi connectivity index (χ3v) is 2.01. The lowest BCUT2D eigenvalue weighted by Gasteiger charge is -2.21. The highest BCUT2D eigenvalue weighted by Crippen LogP contribution is 2.20. The van der Waals surface area contributed by atoms with Crippen LogP contribution in [0.1, 0.15) is 32.1 Å². The van der Waals surface area contributed by atoms with Crippen molar-refractivity contribution in [2.75, 3.05) is 6.61 Å². The molecule has 0 amide bonds. The zero-order chi connectivity index (χ0) is 8.10. The van der Waals surface area contributed by atoms with E-state index in [1.54, 1.807) is 0 Å². The summed E-state index contributed by atoms with van der Waals surface area (Å²) in [6.45, 7) is -0.384. The van der Waals surface area contributed by atoms with E-state index in [9.17, 15) is 8.78 Å². The smallest absolute Gasteiger partial charge is 0.261 e. The number of alkyl halides is 2. The van der Waals surface area contributed by atoms with Gasteiger partial charge in [0.2, 0.25) is 0 Å². The second-order valence-corrected chi connectivity index (χ2v) is 2.98. The Morgan fingerprint density at radius 3 is 2.36 bits per heavy atom. The van der Waals surface area contributed by atoms with Crippen LogP contribution in [0.15, 0.2) is 0 Å². The lowest BCUT2D eigenvalue weighted by Crippen LogP contribution is -2.19. The van der Waals surface area contributed by atoms with E-state index in [2.05, 4.69) is 0 Å². The van der Waals surface area contributed by atoms with Gasteiger partial charge in [0.1, 0.15) is 6.61 Å². The Morgan fingerprint density at radius 1 is 1.18 bits per heavy atom. The molecule has 1 aliphatic rings. The van der Waals surface area contributed by atoms with Crippen LogP contribution in [0.5, 0.6) is 0 Å². The summed E-state index contributed by atoms with van der Waals surface area (Å²) in [4.78, 5) is 0. The van der Waals surface area contributed by atoms with Crippen molar-refractivity contribution >= 4 is 0 Å². The summed E-state index contributed by atoms with van der Waals surface area (Å²) in [6, 6.07) is 0. The molecule has 0 N–H and O–H groups in total. The first kappa shape index (κ1) is 8.91. The Labute approximate surface area is 65.7 Å². The standard InChI is InChI=1S/C8H14F2O/c9-8(10)6-11-7-4-2-1-3-5-7/h7-8H,1-6H2. The normalized spacial score (nSPS) is 21.0. The molecular weight excluding hydrogens is 150 g/mol. The van der Waals surface area contributed by atoms with E-state index in [0.717, 1.165) is 25.7 Å². The summed E-state index contributed by atoms with van der Waals surface area (Å²) in [5.41, 5.74) is 0. The molecule has 1 fully saturated rings. The first-order chi connectivity index (χ1) is 5.29. The Balaban J connectivity index is 2.05. The van der Waals surface area contributed by atoms with Gasteiger partial charge in [-0.25, -0.2) is 8.78 Å². The number of hydrogen-bond acceptors (Lipinski definition) is 1. The summed E-state index contributed by atoms with van der Waals surface area (Å²) in [7, 11) is 0. The van der Waals surface area contributed by atoms with Crippen LogP contribution in [0.3, 0.4) is 0 Å². The van der Waals surface area contributed by atoms with Gasteiger partial charge in [-0.3, -0.25) is 0 Å². The zero-order valence-electron chi connectivity index (χ0n) is 6.56. The number of halogens is 2. The number of ether oxygens (including phenoxy) is 1. The fourth-order valence-electron chi connectivity index (χ4n) is 1.44. The zero-order valence-corrected chi connectivity index (χ0v) is 6.56. The van der Waals surface area contributed by atoms with Crippen LogP contribution >= 0.6 is 0 Å². The van der Waals surface area contributed by atoms with E-state index in [4.69, 9.17) is 4.74 Å². The van der Waals surface area contributed by atoms with Crippen LogP contribution in [-0.2, 0) is 4.74 Å². The van der Waals surface area contributed by atoms with E-state index < -0.39 is 6.43 Å². The highest BCUT2D eigenvalue weighted by Gasteiger charge is 2.15. The predicted molar refractivity (Wildman–Crippen MR) is 38.8 cm³/mol. The quantitative estimate of drug-likeness (QED) is 0.623. The largest absolute Gasteiger partial charge is 0.372 e. The monoisotopic (exact) mass is 164 g/mol. The highest BCUT2D eigenvalue weighted by atomic mass is 19.3. The van der Waals surface area contributed by atoms with Crippen LogP contribution < -0.4 is 0 Å². The molecule has 0 saturated heterocycles. The van der Waals surface area contributed by atoms with E-state index in [1.165, 1.54) is 6.42 Å². The third-order valence-electron chi connectivity index (χ3n) is 2.01. The molecule has 0 aromatic carbocycles. The van der Waals surface area contributed by atoms with E-state index in [1.807, 2.05) is 0 Å². The predicted octanol–water partition coefficient (Wildman–Crippen LogP) is 2.60. The molecule has 0 unspecified atom stereocenters. The Hall–Kier alpha value is -0.180. The van der Waals surface area contributed by atoms with Gasteiger partial charge in [-0.05, 0) is 12.8 Å². The van der Waals surface area contributed by atoms with Crippen LogP contribution in [-0.4, -0.2) is 19.1 Å². The van der Waals surface area contributed by atoms with Crippen molar-refractivity contribution in [1.82, 2.24) is 0 Å². The van der Waals surface area contributed by atoms with Crippen molar-refractivity contribution in [3.8, 4) is 0 Å². The van der Waals surface area contributed by atoms with Crippen molar-refractivity contribution in [3.05, 3.63) is 0 Å². The Kier molecular flexibility index (Phi) is 3.77. The van der Waals surface area contributed by atoms with Gasteiger partial charge in [-0.15, -0.1) is 0 Å². The van der Waals surface area contributed by atoms with Crippen molar-refractivity contribution < 1.29 is 13.5 Å². The molecule has 1 rings (SSSR count). The number of hydrogen-bond donors (Lipinski definition) is 0. The minimum atomic E-state index is -2.31. The first-order valence-electron chi connectivity index (χ1n) is 4.19. The molecule has 0 aromatic heterocycles. The van der Waals surface area contributed by atoms with Crippen molar-refractivity contribution in [2.24, 2.45) is 0 Å². The van der Waals surface area contributed by atoms with Gasteiger partial charge in [0.05, 0.1) is 6.10 Å². The number of rotatable bonds is 3. The summed E-state index contributed by atoms with van der Waals surface area (Å²) in [5, 5.41) is 0. The van der Waals surface area contributed by atoms with E-state index in [-0.39, 0.29) is 12.7 Å². The molecule has 0 heterocycles. The summed E-state index contributed by atoms with van der Waals surface area (Å²) < 4.78 is 28.3. The van der Waals surface area contributed by atoms with E-state index >= 15 is 0 Å². The topological polar surface area (TPSA) is 9.23 Å². The van der Waals surface area contributed by atoms with Crippen LogP contribution in [0.25, 0.3) is 0 Å². The molecule has 66 valence electrons. The summed E-state index contributed by atoms with van der Waals surface area (Å²) in [6.07, 6.45) is 3.23. The highest BCUT2D eigenvalue weighted by molar-refractivity contribution is 4.64. The maximum absolute atomic E-state index is 11.7. The molecule has 0 aromatic rings. The van der Waals surface area contributed by atoms with Gasteiger partial charge < -0.3 is 4.74 Å². The Morgan fingerprint density at radius 2 is 1.82 bits per heavy atom. The minimum Gasteiger partial charge on any atom is -0.372 e. The second-order valence-electron chi connectivity index (χ2n) is 2.98. The molecule has 1 saturated carbocycles. The van der Waals surface area contributed by atoms with Crippen molar-refractivity contribution in [1.29, 1.82) is 0 Å². The molecule has 0 spiro atoms. The average molecular weight is 164 g/mol. The average Bonchev–Trinajstić information content (AvgIpc) is 2.03. The molecule has 0 radical (unpaired) electrons. The van der Waals surface area contributed by atoms with Gasteiger partial charge in [0.15, 0.2) is 0 Å². The van der Waals surface area contributed by atoms with Gasteiger partial charge in [0, 0.05) is 0 Å². The molecule has 0 bridgehead atoms. The third kappa shape index (κ3) is 3.65. The molecular formula is C8H14F2O. The fourth-order valence-corrected chi connectivity index (χ4v) is 1.44. The van der Waals surface area contributed by atoms with Crippen LogP contribution in [0.4, 0.5) is 8.78 Å². The molecule has 3 heteroatoms. The van der Waals surface area contributed by atoms with E-state index in [0.29, 0.717) is 0 Å². The maximum atomic E-state index is 11.7. The van der Waals surface area contributed by atoms with Gasteiger partial charge in [-0.2, -0.15) is 0 Å². The lowest BCUT2D eigenvalue weighted by atomic mass is 9.98. The lowest BCUT2D eigenvalue weighted by molar-refractivity contribution is -0.0365. The van der Waals surface area contributed by atoms with Gasteiger partial charge >= 0.3 is 0 Å². The second kappa shape index (κ2) is 4.65.